The Morgan fingerprint density at radius 1 is 1.05 bits per heavy atom. The van der Waals surface area contributed by atoms with Gasteiger partial charge in [-0.1, -0.05) is 27.7 Å². The highest BCUT2D eigenvalue weighted by Gasteiger charge is 2.26. The van der Waals surface area contributed by atoms with E-state index in [1.165, 1.54) is 32.6 Å². The van der Waals surface area contributed by atoms with Crippen LogP contribution in [0.2, 0.25) is 0 Å². The quantitative estimate of drug-likeness (QED) is 0.735. The molecule has 0 aromatic heterocycles. The fourth-order valence-corrected chi connectivity index (χ4v) is 2.53. The normalized spacial score (nSPS) is 18.5. The summed E-state index contributed by atoms with van der Waals surface area (Å²) in [4.78, 5) is 7.16. The van der Waals surface area contributed by atoms with Crippen molar-refractivity contribution < 1.29 is 0 Å². The predicted molar refractivity (Wildman–Crippen MR) is 86.8 cm³/mol. The van der Waals surface area contributed by atoms with Crippen molar-refractivity contribution in [3.63, 3.8) is 0 Å². The molecule has 1 unspecified atom stereocenters. The fraction of sp³-hybridized carbons (Fsp3) is 1.00. The van der Waals surface area contributed by atoms with Crippen molar-refractivity contribution in [3.05, 3.63) is 0 Å². The van der Waals surface area contributed by atoms with Gasteiger partial charge in [0.05, 0.1) is 0 Å². The molecule has 0 amide bonds. The van der Waals surface area contributed by atoms with Gasteiger partial charge in [0.1, 0.15) is 0 Å². The van der Waals surface area contributed by atoms with Crippen LogP contribution in [0.5, 0.6) is 0 Å². The van der Waals surface area contributed by atoms with Crippen molar-refractivity contribution >= 4 is 0 Å². The lowest BCUT2D eigenvalue weighted by Gasteiger charge is -2.42. The standard InChI is InChI=1S/C8H18N2.C8H19N/c1-4-10(5-2)8-6-9(3)7-8;1-7(2)6-8(3)9(4)5/h8H,4-7H2,1-3H3;7-8H,6H2,1-5H3. The maximum absolute atomic E-state index is 2.53. The van der Waals surface area contributed by atoms with Gasteiger partial charge in [-0.3, -0.25) is 4.90 Å². The van der Waals surface area contributed by atoms with Gasteiger partial charge in [-0.25, -0.2) is 0 Å². The zero-order valence-corrected chi connectivity index (χ0v) is 14.6. The number of likely N-dealkylation sites (N-methyl/N-ethyl adjacent to an activating group) is 2. The molecule has 0 aliphatic carbocycles. The minimum atomic E-state index is 0.727. The highest BCUT2D eigenvalue weighted by Crippen LogP contribution is 2.11. The molecule has 3 nitrogen and oxygen atoms in total. The minimum Gasteiger partial charge on any atom is -0.307 e. The minimum absolute atomic E-state index is 0.727. The molecular formula is C16H37N3. The highest BCUT2D eigenvalue weighted by atomic mass is 15.3. The second-order valence-electron chi connectivity index (χ2n) is 6.54. The van der Waals surface area contributed by atoms with Crippen LogP contribution in [-0.2, 0) is 0 Å². The van der Waals surface area contributed by atoms with Crippen molar-refractivity contribution in [1.29, 1.82) is 0 Å². The molecule has 0 bridgehead atoms. The van der Waals surface area contributed by atoms with Crippen molar-refractivity contribution in [2.24, 2.45) is 5.92 Å². The van der Waals surface area contributed by atoms with Crippen LogP contribution < -0.4 is 0 Å². The summed E-state index contributed by atoms with van der Waals surface area (Å²) in [6.07, 6.45) is 1.30. The Kier molecular flexibility index (Phi) is 9.67. The molecule has 1 heterocycles. The van der Waals surface area contributed by atoms with E-state index >= 15 is 0 Å². The third-order valence-corrected chi connectivity index (χ3v) is 4.07. The molecule has 1 fully saturated rings. The molecule has 1 atom stereocenters. The van der Waals surface area contributed by atoms with Crippen LogP contribution >= 0.6 is 0 Å². The summed E-state index contributed by atoms with van der Waals surface area (Å²) in [6, 6.07) is 1.57. The molecule has 1 saturated heterocycles. The first-order valence-electron chi connectivity index (χ1n) is 7.90. The first-order valence-corrected chi connectivity index (χ1v) is 7.90. The van der Waals surface area contributed by atoms with Crippen LogP contribution in [-0.4, -0.2) is 74.1 Å². The molecule has 0 N–H and O–H groups in total. The molecule has 19 heavy (non-hydrogen) atoms. The van der Waals surface area contributed by atoms with Gasteiger partial charge in [-0.05, 0) is 53.5 Å². The molecule has 0 radical (unpaired) electrons. The summed E-state index contributed by atoms with van der Waals surface area (Å²) in [5.41, 5.74) is 0. The zero-order chi connectivity index (χ0) is 15.0. The Morgan fingerprint density at radius 2 is 1.53 bits per heavy atom. The lowest BCUT2D eigenvalue weighted by molar-refractivity contribution is 0.0598. The lowest BCUT2D eigenvalue weighted by atomic mass is 10.1. The van der Waals surface area contributed by atoms with Crippen LogP contribution in [0.3, 0.4) is 0 Å². The Balaban J connectivity index is 0.000000344. The fourth-order valence-electron chi connectivity index (χ4n) is 2.53. The first kappa shape index (κ1) is 18.9. The average molecular weight is 271 g/mol. The molecule has 3 heteroatoms. The molecule has 0 aromatic carbocycles. The van der Waals surface area contributed by atoms with Gasteiger partial charge in [0.15, 0.2) is 0 Å². The molecular weight excluding hydrogens is 234 g/mol. The Labute approximate surface area is 121 Å². The van der Waals surface area contributed by atoms with Gasteiger partial charge >= 0.3 is 0 Å². The first-order chi connectivity index (χ1) is 8.81. The van der Waals surface area contributed by atoms with E-state index < -0.39 is 0 Å². The second-order valence-corrected chi connectivity index (χ2v) is 6.54. The van der Waals surface area contributed by atoms with Gasteiger partial charge in [0.25, 0.3) is 0 Å². The van der Waals surface area contributed by atoms with Crippen molar-refractivity contribution in [2.75, 3.05) is 47.3 Å². The van der Waals surface area contributed by atoms with Crippen LogP contribution in [0, 0.1) is 5.92 Å². The van der Waals surface area contributed by atoms with Crippen LogP contribution in [0.15, 0.2) is 0 Å². The summed E-state index contributed by atoms with van der Waals surface area (Å²) >= 11 is 0. The van der Waals surface area contributed by atoms with Gasteiger partial charge in [0.2, 0.25) is 0 Å². The van der Waals surface area contributed by atoms with E-state index in [0.717, 1.165) is 18.0 Å². The number of hydrogen-bond acceptors (Lipinski definition) is 3. The Hall–Kier alpha value is -0.120. The topological polar surface area (TPSA) is 9.72 Å². The lowest BCUT2D eigenvalue weighted by Crippen LogP contribution is -2.57. The van der Waals surface area contributed by atoms with Gasteiger partial charge in [-0.2, -0.15) is 0 Å². The second kappa shape index (κ2) is 9.73. The summed E-state index contributed by atoms with van der Waals surface area (Å²) in [6.45, 7) is 16.2. The maximum atomic E-state index is 2.53. The van der Waals surface area contributed by atoms with Crippen molar-refractivity contribution in [2.45, 2.75) is 53.1 Å². The van der Waals surface area contributed by atoms with E-state index in [4.69, 9.17) is 0 Å². The third kappa shape index (κ3) is 7.91. The maximum Gasteiger partial charge on any atom is 0.0349 e. The zero-order valence-electron chi connectivity index (χ0n) is 14.6. The Bertz CT molecular complexity index is 206. The van der Waals surface area contributed by atoms with E-state index in [9.17, 15) is 0 Å². The number of likely N-dealkylation sites (tertiary alicyclic amines) is 1. The predicted octanol–water partition coefficient (Wildman–Crippen LogP) is 2.62. The summed E-state index contributed by atoms with van der Waals surface area (Å²) in [7, 11) is 6.44. The van der Waals surface area contributed by atoms with Crippen LogP contribution in [0.4, 0.5) is 0 Å². The van der Waals surface area contributed by atoms with E-state index in [0.29, 0.717) is 0 Å². The highest BCUT2D eigenvalue weighted by molar-refractivity contribution is 4.84. The van der Waals surface area contributed by atoms with Gasteiger partial charge < -0.3 is 9.80 Å². The van der Waals surface area contributed by atoms with Gasteiger partial charge in [0, 0.05) is 25.2 Å². The molecule has 1 aliphatic rings. The van der Waals surface area contributed by atoms with E-state index in [-0.39, 0.29) is 0 Å². The van der Waals surface area contributed by atoms with Crippen molar-refractivity contribution in [3.8, 4) is 0 Å². The smallest absolute Gasteiger partial charge is 0.0349 e. The van der Waals surface area contributed by atoms with E-state index in [1.807, 2.05) is 0 Å². The Morgan fingerprint density at radius 3 is 1.74 bits per heavy atom. The monoisotopic (exact) mass is 271 g/mol. The SMILES string of the molecule is CC(C)CC(C)N(C)C.CCN(CC)C1CN(C)C1. The van der Waals surface area contributed by atoms with E-state index in [2.05, 4.69) is 70.5 Å². The van der Waals surface area contributed by atoms with Crippen LogP contribution in [0.1, 0.15) is 41.0 Å². The van der Waals surface area contributed by atoms with E-state index in [1.54, 1.807) is 0 Å². The van der Waals surface area contributed by atoms with Gasteiger partial charge in [-0.15, -0.1) is 0 Å². The van der Waals surface area contributed by atoms with Crippen molar-refractivity contribution in [1.82, 2.24) is 14.7 Å². The molecule has 0 saturated carbocycles. The third-order valence-electron chi connectivity index (χ3n) is 4.07. The number of hydrogen-bond donors (Lipinski definition) is 0. The molecule has 0 spiro atoms. The molecule has 1 aliphatic heterocycles. The molecule has 116 valence electrons. The average Bonchev–Trinajstić information content (AvgIpc) is 2.28. The summed E-state index contributed by atoms with van der Waals surface area (Å²) < 4.78 is 0. The number of rotatable bonds is 6. The molecule has 1 rings (SSSR count). The largest absolute Gasteiger partial charge is 0.307 e. The summed E-state index contributed by atoms with van der Waals surface area (Å²) in [5, 5.41) is 0. The molecule has 0 aromatic rings. The van der Waals surface area contributed by atoms with Crippen LogP contribution in [0.25, 0.3) is 0 Å². The number of nitrogens with zero attached hydrogens (tertiary/aromatic N) is 3. The summed E-state index contributed by atoms with van der Waals surface area (Å²) in [5.74, 6) is 0.822.